The van der Waals surface area contributed by atoms with Crippen molar-refractivity contribution in [2.45, 2.75) is 38.2 Å². The van der Waals surface area contributed by atoms with Gasteiger partial charge in [0.05, 0.1) is 11.8 Å². The van der Waals surface area contributed by atoms with Crippen LogP contribution in [0.25, 0.3) is 0 Å². The molecule has 0 unspecified atom stereocenters. The molecule has 3 heteroatoms. The number of rotatable bonds is 2. The number of anilines is 2. The monoisotopic (exact) mass is 206 g/mol. The fourth-order valence-corrected chi connectivity index (χ4v) is 2.04. The molecule has 1 aromatic rings. The van der Waals surface area contributed by atoms with Crippen LogP contribution in [0.1, 0.15) is 32.1 Å². The normalized spacial score (nSPS) is 17.6. The summed E-state index contributed by atoms with van der Waals surface area (Å²) in [6, 6.07) is 5.44. The third kappa shape index (κ3) is 2.55. The minimum atomic E-state index is 0.338. The fourth-order valence-electron chi connectivity index (χ4n) is 2.04. The van der Waals surface area contributed by atoms with E-state index >= 15 is 0 Å². The lowest BCUT2D eigenvalue weighted by Crippen LogP contribution is -2.20. The summed E-state index contributed by atoms with van der Waals surface area (Å²) in [5.41, 5.74) is 12.8. The first kappa shape index (κ1) is 10.1. The second-order valence-corrected chi connectivity index (χ2v) is 4.18. The third-order valence-corrected chi connectivity index (χ3v) is 2.88. The number of ether oxygens (including phenoxy) is 1. The SMILES string of the molecule is Nc1ccc(OC2CCCCC2)c(N)c1. The highest BCUT2D eigenvalue weighted by Gasteiger charge is 2.15. The summed E-state index contributed by atoms with van der Waals surface area (Å²) in [4.78, 5) is 0. The largest absolute Gasteiger partial charge is 0.488 e. The molecule has 1 fully saturated rings. The van der Waals surface area contributed by atoms with Crippen LogP contribution in [-0.2, 0) is 0 Å². The molecule has 0 heterocycles. The summed E-state index contributed by atoms with van der Waals surface area (Å²) in [6.07, 6.45) is 6.48. The maximum atomic E-state index is 5.86. The van der Waals surface area contributed by atoms with Crippen molar-refractivity contribution in [1.29, 1.82) is 0 Å². The Morgan fingerprint density at radius 2 is 1.80 bits per heavy atom. The summed E-state index contributed by atoms with van der Waals surface area (Å²) in [5.74, 6) is 0.774. The quantitative estimate of drug-likeness (QED) is 0.731. The minimum Gasteiger partial charge on any atom is -0.488 e. The van der Waals surface area contributed by atoms with Gasteiger partial charge in [0.2, 0.25) is 0 Å². The number of nitrogens with two attached hydrogens (primary N) is 2. The van der Waals surface area contributed by atoms with Crippen LogP contribution in [0.2, 0.25) is 0 Å². The van der Waals surface area contributed by atoms with Crippen LogP contribution in [0.5, 0.6) is 5.75 Å². The zero-order valence-electron chi connectivity index (χ0n) is 8.91. The number of hydrogen-bond acceptors (Lipinski definition) is 3. The van der Waals surface area contributed by atoms with E-state index in [0.717, 1.165) is 18.6 Å². The molecule has 2 rings (SSSR count). The van der Waals surface area contributed by atoms with Gasteiger partial charge >= 0.3 is 0 Å². The smallest absolute Gasteiger partial charge is 0.142 e. The molecular formula is C12H18N2O. The van der Waals surface area contributed by atoms with E-state index in [4.69, 9.17) is 16.2 Å². The molecule has 3 nitrogen and oxygen atoms in total. The van der Waals surface area contributed by atoms with Crippen molar-refractivity contribution >= 4 is 11.4 Å². The van der Waals surface area contributed by atoms with Crippen LogP contribution in [0.4, 0.5) is 11.4 Å². The van der Waals surface area contributed by atoms with Crippen molar-refractivity contribution in [3.63, 3.8) is 0 Å². The molecule has 0 bridgehead atoms. The molecule has 0 aliphatic heterocycles. The van der Waals surface area contributed by atoms with E-state index < -0.39 is 0 Å². The molecule has 15 heavy (non-hydrogen) atoms. The highest BCUT2D eigenvalue weighted by atomic mass is 16.5. The second kappa shape index (κ2) is 4.43. The lowest BCUT2D eigenvalue weighted by Gasteiger charge is -2.23. The number of nitrogen functional groups attached to an aromatic ring is 2. The van der Waals surface area contributed by atoms with Gasteiger partial charge in [-0.05, 0) is 43.9 Å². The van der Waals surface area contributed by atoms with Crippen molar-refractivity contribution in [3.8, 4) is 5.75 Å². The molecule has 0 atom stereocenters. The minimum absolute atomic E-state index is 0.338. The van der Waals surface area contributed by atoms with E-state index in [1.165, 1.54) is 19.3 Å². The lowest BCUT2D eigenvalue weighted by atomic mass is 9.98. The Hall–Kier alpha value is -1.38. The number of benzene rings is 1. The maximum absolute atomic E-state index is 5.86. The van der Waals surface area contributed by atoms with Gasteiger partial charge in [0.25, 0.3) is 0 Å². The van der Waals surface area contributed by atoms with Gasteiger partial charge < -0.3 is 16.2 Å². The maximum Gasteiger partial charge on any atom is 0.142 e. The topological polar surface area (TPSA) is 61.3 Å². The molecule has 0 spiro atoms. The van der Waals surface area contributed by atoms with Crippen LogP contribution >= 0.6 is 0 Å². The standard InChI is InChI=1S/C12H18N2O/c13-9-6-7-12(11(14)8-9)15-10-4-2-1-3-5-10/h6-8,10H,1-5,13-14H2. The van der Waals surface area contributed by atoms with Crippen molar-refractivity contribution < 1.29 is 4.74 Å². The van der Waals surface area contributed by atoms with Gasteiger partial charge in [0.1, 0.15) is 5.75 Å². The van der Waals surface area contributed by atoms with Crippen LogP contribution in [0.3, 0.4) is 0 Å². The van der Waals surface area contributed by atoms with Gasteiger partial charge in [-0.2, -0.15) is 0 Å². The summed E-state index contributed by atoms with van der Waals surface area (Å²) >= 11 is 0. The summed E-state index contributed by atoms with van der Waals surface area (Å²) in [5, 5.41) is 0. The zero-order valence-corrected chi connectivity index (χ0v) is 8.91. The molecule has 1 aliphatic carbocycles. The van der Waals surface area contributed by atoms with Crippen LogP contribution in [-0.4, -0.2) is 6.10 Å². The van der Waals surface area contributed by atoms with Crippen molar-refractivity contribution in [2.24, 2.45) is 0 Å². The van der Waals surface area contributed by atoms with Crippen molar-refractivity contribution in [1.82, 2.24) is 0 Å². The average Bonchev–Trinajstić information content (AvgIpc) is 2.24. The van der Waals surface area contributed by atoms with E-state index in [-0.39, 0.29) is 0 Å². The zero-order chi connectivity index (χ0) is 10.7. The molecule has 0 radical (unpaired) electrons. The first-order valence-corrected chi connectivity index (χ1v) is 5.57. The van der Waals surface area contributed by atoms with E-state index in [0.29, 0.717) is 17.5 Å². The fraction of sp³-hybridized carbons (Fsp3) is 0.500. The Labute approximate surface area is 90.4 Å². The van der Waals surface area contributed by atoms with Crippen LogP contribution < -0.4 is 16.2 Å². The van der Waals surface area contributed by atoms with E-state index in [2.05, 4.69) is 0 Å². The lowest BCUT2D eigenvalue weighted by molar-refractivity contribution is 0.156. The summed E-state index contributed by atoms with van der Waals surface area (Å²) < 4.78 is 5.86. The molecule has 0 saturated heterocycles. The molecule has 4 N–H and O–H groups in total. The first-order valence-electron chi connectivity index (χ1n) is 5.57. The van der Waals surface area contributed by atoms with Crippen LogP contribution in [0.15, 0.2) is 18.2 Å². The Morgan fingerprint density at radius 1 is 1.07 bits per heavy atom. The van der Waals surface area contributed by atoms with E-state index in [1.807, 2.05) is 12.1 Å². The predicted molar refractivity (Wildman–Crippen MR) is 62.8 cm³/mol. The Kier molecular flexibility index (Phi) is 2.99. The summed E-state index contributed by atoms with van der Waals surface area (Å²) in [6.45, 7) is 0. The van der Waals surface area contributed by atoms with Gasteiger partial charge in [0, 0.05) is 5.69 Å². The Balaban J connectivity index is 2.03. The number of hydrogen-bond donors (Lipinski definition) is 2. The van der Waals surface area contributed by atoms with Gasteiger partial charge in [-0.25, -0.2) is 0 Å². The van der Waals surface area contributed by atoms with Crippen molar-refractivity contribution in [2.75, 3.05) is 11.5 Å². The van der Waals surface area contributed by atoms with Crippen molar-refractivity contribution in [3.05, 3.63) is 18.2 Å². The predicted octanol–water partition coefficient (Wildman–Crippen LogP) is 2.56. The molecule has 1 aromatic carbocycles. The molecule has 0 amide bonds. The third-order valence-electron chi connectivity index (χ3n) is 2.88. The molecule has 1 aliphatic rings. The molecule has 0 aromatic heterocycles. The second-order valence-electron chi connectivity index (χ2n) is 4.18. The van der Waals surface area contributed by atoms with Crippen LogP contribution in [0, 0.1) is 0 Å². The van der Waals surface area contributed by atoms with E-state index in [9.17, 15) is 0 Å². The first-order chi connectivity index (χ1) is 7.25. The average molecular weight is 206 g/mol. The van der Waals surface area contributed by atoms with Gasteiger partial charge in [-0.15, -0.1) is 0 Å². The molecular weight excluding hydrogens is 188 g/mol. The Morgan fingerprint density at radius 3 is 2.47 bits per heavy atom. The van der Waals surface area contributed by atoms with Gasteiger partial charge in [-0.1, -0.05) is 6.42 Å². The Bertz CT molecular complexity index is 332. The highest BCUT2D eigenvalue weighted by molar-refractivity contribution is 5.60. The van der Waals surface area contributed by atoms with Gasteiger partial charge in [-0.3, -0.25) is 0 Å². The van der Waals surface area contributed by atoms with E-state index in [1.54, 1.807) is 6.07 Å². The highest BCUT2D eigenvalue weighted by Crippen LogP contribution is 2.28. The molecule has 1 saturated carbocycles. The van der Waals surface area contributed by atoms with Gasteiger partial charge in [0.15, 0.2) is 0 Å². The summed E-state index contributed by atoms with van der Waals surface area (Å²) in [7, 11) is 0. The molecule has 82 valence electrons.